The number of hydrazine groups is 1. The third kappa shape index (κ3) is 3.60. The van der Waals surface area contributed by atoms with E-state index in [1.165, 1.54) is 0 Å². The zero-order chi connectivity index (χ0) is 14.5. The van der Waals surface area contributed by atoms with E-state index in [-0.39, 0.29) is 0 Å². The lowest BCUT2D eigenvalue weighted by Gasteiger charge is -2.10. The van der Waals surface area contributed by atoms with Gasteiger partial charge in [0.15, 0.2) is 0 Å². The molecule has 0 spiro atoms. The van der Waals surface area contributed by atoms with Crippen molar-refractivity contribution < 1.29 is 9.59 Å². The molecule has 1 aromatic carbocycles. The minimum absolute atomic E-state index is 0.619. The molecule has 0 unspecified atom stereocenters. The first kappa shape index (κ1) is 14.1. The maximum Gasteiger partial charge on any atom is 0.327 e. The first-order valence-electron chi connectivity index (χ1n) is 6.70. The molecule has 106 valence electrons. The Morgan fingerprint density at radius 2 is 1.90 bits per heavy atom. The molecule has 0 heterocycles. The standard InChI is InChI=1S/C15H19N3O2/c1-10-7-8-13(9-11(10)2)16-14(19)15(20)18-17-12-5-3-4-6-12/h5,7-9,17H,3-4,6H2,1-2H3,(H,16,19)(H,18,20). The van der Waals surface area contributed by atoms with Crippen LogP contribution in [-0.4, -0.2) is 11.8 Å². The fourth-order valence-electron chi connectivity index (χ4n) is 1.99. The number of carbonyl (C=O) groups excluding carboxylic acids is 2. The van der Waals surface area contributed by atoms with Gasteiger partial charge in [0, 0.05) is 11.4 Å². The van der Waals surface area contributed by atoms with Gasteiger partial charge in [0.05, 0.1) is 0 Å². The van der Waals surface area contributed by atoms with Crippen LogP contribution < -0.4 is 16.2 Å². The van der Waals surface area contributed by atoms with Gasteiger partial charge < -0.3 is 10.7 Å². The maximum atomic E-state index is 11.7. The lowest BCUT2D eigenvalue weighted by molar-refractivity contribution is -0.136. The van der Waals surface area contributed by atoms with Crippen molar-refractivity contribution in [1.82, 2.24) is 10.9 Å². The van der Waals surface area contributed by atoms with Crippen LogP contribution >= 0.6 is 0 Å². The van der Waals surface area contributed by atoms with Crippen LogP contribution in [0.5, 0.6) is 0 Å². The Hall–Kier alpha value is -2.30. The molecule has 0 aromatic heterocycles. The van der Waals surface area contributed by atoms with E-state index < -0.39 is 11.8 Å². The smallest absolute Gasteiger partial charge is 0.318 e. The number of benzene rings is 1. The van der Waals surface area contributed by atoms with Crippen molar-refractivity contribution in [2.75, 3.05) is 5.32 Å². The molecule has 2 rings (SSSR count). The van der Waals surface area contributed by atoms with E-state index in [1.807, 2.05) is 32.1 Å². The number of allylic oxidation sites excluding steroid dienone is 2. The van der Waals surface area contributed by atoms with Gasteiger partial charge in [-0.3, -0.25) is 15.0 Å². The quantitative estimate of drug-likeness (QED) is 0.582. The number of nitrogens with one attached hydrogen (secondary N) is 3. The topological polar surface area (TPSA) is 70.2 Å². The van der Waals surface area contributed by atoms with Gasteiger partial charge in [-0.1, -0.05) is 12.1 Å². The number of rotatable bonds is 3. The molecule has 0 aliphatic heterocycles. The molecule has 0 fully saturated rings. The van der Waals surface area contributed by atoms with Crippen LogP contribution in [-0.2, 0) is 9.59 Å². The summed E-state index contributed by atoms with van der Waals surface area (Å²) in [6.45, 7) is 3.95. The van der Waals surface area contributed by atoms with Gasteiger partial charge in [-0.25, -0.2) is 0 Å². The number of carbonyl (C=O) groups is 2. The molecule has 5 heteroatoms. The highest BCUT2D eigenvalue weighted by Gasteiger charge is 2.14. The Kier molecular flexibility index (Phi) is 4.40. The summed E-state index contributed by atoms with van der Waals surface area (Å²) < 4.78 is 0. The van der Waals surface area contributed by atoms with Crippen LogP contribution in [0.2, 0.25) is 0 Å². The third-order valence-corrected chi connectivity index (χ3v) is 3.35. The van der Waals surface area contributed by atoms with E-state index in [0.717, 1.165) is 36.1 Å². The number of anilines is 1. The summed E-state index contributed by atoms with van der Waals surface area (Å²) in [5.74, 6) is -1.38. The van der Waals surface area contributed by atoms with E-state index in [1.54, 1.807) is 6.07 Å². The van der Waals surface area contributed by atoms with E-state index in [2.05, 4.69) is 16.2 Å². The Bertz CT molecular complexity index is 564. The largest absolute Gasteiger partial charge is 0.327 e. The summed E-state index contributed by atoms with van der Waals surface area (Å²) in [6.07, 6.45) is 5.00. The van der Waals surface area contributed by atoms with Crippen LogP contribution in [0.25, 0.3) is 0 Å². The fourth-order valence-corrected chi connectivity index (χ4v) is 1.99. The normalized spacial score (nSPS) is 13.6. The second kappa shape index (κ2) is 6.23. The van der Waals surface area contributed by atoms with Gasteiger partial charge in [0.25, 0.3) is 0 Å². The average Bonchev–Trinajstić information content (AvgIpc) is 2.93. The van der Waals surface area contributed by atoms with Crippen molar-refractivity contribution in [2.24, 2.45) is 0 Å². The second-order valence-electron chi connectivity index (χ2n) is 4.95. The van der Waals surface area contributed by atoms with Crippen LogP contribution in [0.4, 0.5) is 5.69 Å². The molecule has 3 N–H and O–H groups in total. The van der Waals surface area contributed by atoms with Gasteiger partial charge >= 0.3 is 11.8 Å². The van der Waals surface area contributed by atoms with Crippen molar-refractivity contribution in [2.45, 2.75) is 33.1 Å². The minimum Gasteiger partial charge on any atom is -0.318 e. The van der Waals surface area contributed by atoms with Gasteiger partial charge in [-0.2, -0.15) is 0 Å². The molecule has 1 aliphatic carbocycles. The van der Waals surface area contributed by atoms with E-state index in [0.29, 0.717) is 5.69 Å². The fraction of sp³-hybridized carbons (Fsp3) is 0.333. The van der Waals surface area contributed by atoms with Crippen LogP contribution in [0, 0.1) is 13.8 Å². The summed E-state index contributed by atoms with van der Waals surface area (Å²) in [5, 5.41) is 2.57. The lowest BCUT2D eigenvalue weighted by atomic mass is 10.1. The highest BCUT2D eigenvalue weighted by molar-refractivity contribution is 6.39. The molecule has 0 atom stereocenters. The summed E-state index contributed by atoms with van der Waals surface area (Å²) in [6, 6.07) is 5.53. The Morgan fingerprint density at radius 1 is 1.10 bits per heavy atom. The van der Waals surface area contributed by atoms with Crippen LogP contribution in [0.15, 0.2) is 30.0 Å². The molecule has 20 heavy (non-hydrogen) atoms. The Labute approximate surface area is 118 Å². The second-order valence-corrected chi connectivity index (χ2v) is 4.95. The van der Waals surface area contributed by atoms with Crippen LogP contribution in [0.1, 0.15) is 30.4 Å². The lowest BCUT2D eigenvalue weighted by Crippen LogP contribution is -2.43. The molecule has 0 saturated heterocycles. The van der Waals surface area contributed by atoms with E-state index >= 15 is 0 Å². The van der Waals surface area contributed by atoms with Crippen molar-refractivity contribution in [3.63, 3.8) is 0 Å². The predicted molar refractivity (Wildman–Crippen MR) is 77.8 cm³/mol. The average molecular weight is 273 g/mol. The summed E-state index contributed by atoms with van der Waals surface area (Å²) in [5.41, 5.74) is 8.95. The Morgan fingerprint density at radius 3 is 2.55 bits per heavy atom. The molecule has 1 aromatic rings. The summed E-state index contributed by atoms with van der Waals surface area (Å²) >= 11 is 0. The number of hydrogen-bond acceptors (Lipinski definition) is 3. The van der Waals surface area contributed by atoms with Gasteiger partial charge in [0.1, 0.15) is 0 Å². The maximum absolute atomic E-state index is 11.7. The summed E-state index contributed by atoms with van der Waals surface area (Å²) in [4.78, 5) is 23.4. The van der Waals surface area contributed by atoms with Crippen molar-refractivity contribution in [3.8, 4) is 0 Å². The molecule has 5 nitrogen and oxygen atoms in total. The minimum atomic E-state index is -0.698. The van der Waals surface area contributed by atoms with Crippen molar-refractivity contribution in [3.05, 3.63) is 41.1 Å². The highest BCUT2D eigenvalue weighted by Crippen LogP contribution is 2.14. The monoisotopic (exact) mass is 273 g/mol. The first-order chi connectivity index (χ1) is 9.56. The van der Waals surface area contributed by atoms with E-state index in [9.17, 15) is 9.59 Å². The molecular weight excluding hydrogens is 254 g/mol. The molecule has 2 amide bonds. The van der Waals surface area contributed by atoms with Crippen LogP contribution in [0.3, 0.4) is 0 Å². The number of aryl methyl sites for hydroxylation is 2. The zero-order valence-corrected chi connectivity index (χ0v) is 11.7. The van der Waals surface area contributed by atoms with Crippen molar-refractivity contribution in [1.29, 1.82) is 0 Å². The SMILES string of the molecule is Cc1ccc(NC(=O)C(=O)NNC2=CCCC2)cc1C. The van der Waals surface area contributed by atoms with Gasteiger partial charge in [-0.05, 0) is 56.4 Å². The van der Waals surface area contributed by atoms with E-state index in [4.69, 9.17) is 0 Å². The molecule has 1 aliphatic rings. The predicted octanol–water partition coefficient (Wildman–Crippen LogP) is 1.93. The molecule has 0 radical (unpaired) electrons. The van der Waals surface area contributed by atoms with Crippen molar-refractivity contribution >= 4 is 17.5 Å². The van der Waals surface area contributed by atoms with Gasteiger partial charge in [0.2, 0.25) is 0 Å². The number of amides is 2. The third-order valence-electron chi connectivity index (χ3n) is 3.35. The zero-order valence-electron chi connectivity index (χ0n) is 11.7. The summed E-state index contributed by atoms with van der Waals surface area (Å²) in [7, 11) is 0. The highest BCUT2D eigenvalue weighted by atomic mass is 16.2. The Balaban J connectivity index is 1.86. The molecular formula is C15H19N3O2. The molecule has 0 saturated carbocycles. The molecule has 0 bridgehead atoms. The number of hydrogen-bond donors (Lipinski definition) is 3. The van der Waals surface area contributed by atoms with Gasteiger partial charge in [-0.15, -0.1) is 0 Å². The first-order valence-corrected chi connectivity index (χ1v) is 6.70.